The van der Waals surface area contributed by atoms with Crippen molar-refractivity contribution in [2.75, 3.05) is 33.4 Å². The highest BCUT2D eigenvalue weighted by Gasteiger charge is 2.51. The number of benzene rings is 1. The van der Waals surface area contributed by atoms with E-state index in [1.165, 1.54) is 19.3 Å². The number of hydrogen-bond donors (Lipinski definition) is 1. The minimum absolute atomic E-state index is 0.0963. The zero-order chi connectivity index (χ0) is 21.0. The van der Waals surface area contributed by atoms with E-state index in [1.807, 2.05) is 29.2 Å². The van der Waals surface area contributed by atoms with E-state index in [9.17, 15) is 9.59 Å². The van der Waals surface area contributed by atoms with Crippen LogP contribution in [0.3, 0.4) is 0 Å². The molecule has 1 aromatic rings. The summed E-state index contributed by atoms with van der Waals surface area (Å²) in [5, 5.41) is 3.32. The first kappa shape index (κ1) is 21.2. The number of ether oxygens (including phenoxy) is 2. The Morgan fingerprint density at radius 2 is 1.83 bits per heavy atom. The van der Waals surface area contributed by atoms with Gasteiger partial charge in [0.05, 0.1) is 19.4 Å². The molecule has 1 spiro atoms. The van der Waals surface area contributed by atoms with Crippen molar-refractivity contribution in [3.05, 3.63) is 29.8 Å². The Balaban J connectivity index is 1.44. The first-order valence-corrected chi connectivity index (χ1v) is 11.4. The maximum Gasteiger partial charge on any atom is 0.227 e. The molecular weight excluding hydrogens is 380 g/mol. The molecule has 3 aliphatic rings. The number of likely N-dealkylation sites (tertiary alicyclic amines) is 1. The Hall–Kier alpha value is -2.08. The fourth-order valence-electron chi connectivity index (χ4n) is 5.38. The molecule has 1 aromatic carbocycles. The zero-order valence-electron chi connectivity index (χ0n) is 18.0. The summed E-state index contributed by atoms with van der Waals surface area (Å²) in [7, 11) is 1.64. The minimum Gasteiger partial charge on any atom is -0.497 e. The number of methoxy groups -OCH3 is 1. The molecule has 0 aromatic heterocycles. The van der Waals surface area contributed by atoms with Gasteiger partial charge in [-0.25, -0.2) is 0 Å². The SMILES string of the molecule is COc1ccc(CC(=O)N2CC(C(=O)NC3CCCCC3)C3(CCOCC3)C2)cc1. The number of amides is 2. The number of carbonyl (C=O) groups is 2. The highest BCUT2D eigenvalue weighted by atomic mass is 16.5. The predicted molar refractivity (Wildman–Crippen MR) is 114 cm³/mol. The molecule has 1 atom stereocenters. The average Bonchev–Trinajstić information content (AvgIpc) is 3.14. The van der Waals surface area contributed by atoms with E-state index in [2.05, 4.69) is 5.32 Å². The Morgan fingerprint density at radius 1 is 1.13 bits per heavy atom. The summed E-state index contributed by atoms with van der Waals surface area (Å²) in [4.78, 5) is 28.3. The van der Waals surface area contributed by atoms with Gasteiger partial charge in [0, 0.05) is 37.8 Å². The Morgan fingerprint density at radius 3 is 2.50 bits per heavy atom. The molecule has 4 rings (SSSR count). The van der Waals surface area contributed by atoms with E-state index in [-0.39, 0.29) is 23.1 Å². The average molecular weight is 415 g/mol. The fourth-order valence-corrected chi connectivity index (χ4v) is 5.38. The van der Waals surface area contributed by atoms with Crippen LogP contribution in [0.1, 0.15) is 50.5 Å². The number of nitrogens with one attached hydrogen (secondary N) is 1. The van der Waals surface area contributed by atoms with E-state index in [4.69, 9.17) is 9.47 Å². The van der Waals surface area contributed by atoms with E-state index in [0.717, 1.165) is 37.0 Å². The summed E-state index contributed by atoms with van der Waals surface area (Å²) in [6.07, 6.45) is 7.87. The molecule has 1 N–H and O–H groups in total. The summed E-state index contributed by atoms with van der Waals surface area (Å²) in [5.74, 6) is 0.888. The van der Waals surface area contributed by atoms with Gasteiger partial charge in [-0.05, 0) is 43.4 Å². The van der Waals surface area contributed by atoms with E-state index in [0.29, 0.717) is 38.8 Å². The second-order valence-electron chi connectivity index (χ2n) is 9.17. The third-order valence-electron chi connectivity index (χ3n) is 7.27. The van der Waals surface area contributed by atoms with Crippen LogP contribution in [0.2, 0.25) is 0 Å². The third kappa shape index (κ3) is 4.64. The normalized spacial score (nSPS) is 24.0. The summed E-state index contributed by atoms with van der Waals surface area (Å²) in [6.45, 7) is 2.53. The lowest BCUT2D eigenvalue weighted by atomic mass is 9.71. The zero-order valence-corrected chi connectivity index (χ0v) is 18.0. The van der Waals surface area contributed by atoms with Crippen LogP contribution >= 0.6 is 0 Å². The van der Waals surface area contributed by atoms with Crippen molar-refractivity contribution in [3.8, 4) is 5.75 Å². The molecule has 2 heterocycles. The quantitative estimate of drug-likeness (QED) is 0.804. The van der Waals surface area contributed by atoms with Gasteiger partial charge < -0.3 is 19.7 Å². The summed E-state index contributed by atoms with van der Waals surface area (Å²) >= 11 is 0. The molecule has 0 radical (unpaired) electrons. The van der Waals surface area contributed by atoms with Crippen molar-refractivity contribution in [3.63, 3.8) is 0 Å². The molecule has 6 nitrogen and oxygen atoms in total. The molecule has 6 heteroatoms. The Bertz CT molecular complexity index is 736. The number of nitrogens with zero attached hydrogens (tertiary/aromatic N) is 1. The number of rotatable bonds is 5. The van der Waals surface area contributed by atoms with Crippen LogP contribution in [0.15, 0.2) is 24.3 Å². The summed E-state index contributed by atoms with van der Waals surface area (Å²) in [5.41, 5.74) is 0.823. The lowest BCUT2D eigenvalue weighted by molar-refractivity contribution is -0.130. The van der Waals surface area contributed by atoms with Gasteiger partial charge in [0.15, 0.2) is 0 Å². The maximum absolute atomic E-state index is 13.3. The van der Waals surface area contributed by atoms with Gasteiger partial charge in [-0.15, -0.1) is 0 Å². The van der Waals surface area contributed by atoms with Crippen LogP contribution in [0.4, 0.5) is 0 Å². The van der Waals surface area contributed by atoms with Crippen LogP contribution in [0.5, 0.6) is 5.75 Å². The fraction of sp³-hybridized carbons (Fsp3) is 0.667. The topological polar surface area (TPSA) is 67.9 Å². The van der Waals surface area contributed by atoms with Gasteiger partial charge >= 0.3 is 0 Å². The van der Waals surface area contributed by atoms with Crippen molar-refractivity contribution in [2.24, 2.45) is 11.3 Å². The highest BCUT2D eigenvalue weighted by molar-refractivity contribution is 5.84. The lowest BCUT2D eigenvalue weighted by Gasteiger charge is -2.37. The van der Waals surface area contributed by atoms with Crippen LogP contribution in [0, 0.1) is 11.3 Å². The highest BCUT2D eigenvalue weighted by Crippen LogP contribution is 2.44. The Labute approximate surface area is 179 Å². The van der Waals surface area contributed by atoms with Gasteiger partial charge in [0.2, 0.25) is 11.8 Å². The molecule has 30 heavy (non-hydrogen) atoms. The molecular formula is C24H34N2O4. The van der Waals surface area contributed by atoms with Gasteiger partial charge in [-0.2, -0.15) is 0 Å². The van der Waals surface area contributed by atoms with Crippen molar-refractivity contribution in [1.29, 1.82) is 0 Å². The molecule has 3 fully saturated rings. The number of carbonyl (C=O) groups excluding carboxylic acids is 2. The van der Waals surface area contributed by atoms with Crippen LogP contribution in [-0.2, 0) is 20.7 Å². The second-order valence-corrected chi connectivity index (χ2v) is 9.17. The predicted octanol–water partition coefficient (Wildman–Crippen LogP) is 2.94. The van der Waals surface area contributed by atoms with Crippen molar-refractivity contribution < 1.29 is 19.1 Å². The molecule has 1 unspecified atom stereocenters. The van der Waals surface area contributed by atoms with Crippen LogP contribution < -0.4 is 10.1 Å². The number of hydrogen-bond acceptors (Lipinski definition) is 4. The largest absolute Gasteiger partial charge is 0.497 e. The van der Waals surface area contributed by atoms with E-state index in [1.54, 1.807) is 7.11 Å². The summed E-state index contributed by atoms with van der Waals surface area (Å²) in [6, 6.07) is 7.93. The second kappa shape index (κ2) is 9.38. The standard InChI is InChI=1S/C24H34N2O4/c1-29-20-9-7-18(8-10-20)15-22(27)26-16-21(24(17-26)11-13-30-14-12-24)23(28)25-19-5-3-2-4-6-19/h7-10,19,21H,2-6,11-17H2,1H3,(H,25,28). The molecule has 164 valence electrons. The van der Waals surface area contributed by atoms with Gasteiger partial charge in [-0.3, -0.25) is 9.59 Å². The maximum atomic E-state index is 13.3. The first-order valence-electron chi connectivity index (χ1n) is 11.4. The van der Waals surface area contributed by atoms with Gasteiger partial charge in [0.25, 0.3) is 0 Å². The Kier molecular flexibility index (Phi) is 6.61. The van der Waals surface area contributed by atoms with Crippen molar-refractivity contribution in [2.45, 2.75) is 57.4 Å². The molecule has 1 saturated carbocycles. The molecule has 2 amide bonds. The van der Waals surface area contributed by atoms with E-state index >= 15 is 0 Å². The molecule has 0 bridgehead atoms. The van der Waals surface area contributed by atoms with Gasteiger partial charge in [0.1, 0.15) is 5.75 Å². The van der Waals surface area contributed by atoms with E-state index < -0.39 is 0 Å². The molecule has 1 aliphatic carbocycles. The minimum atomic E-state index is -0.146. The monoisotopic (exact) mass is 414 g/mol. The molecule has 2 saturated heterocycles. The lowest BCUT2D eigenvalue weighted by Crippen LogP contribution is -2.47. The van der Waals surface area contributed by atoms with Crippen molar-refractivity contribution >= 4 is 11.8 Å². The first-order chi connectivity index (χ1) is 14.6. The molecule has 2 aliphatic heterocycles. The van der Waals surface area contributed by atoms with Crippen molar-refractivity contribution in [1.82, 2.24) is 10.2 Å². The smallest absolute Gasteiger partial charge is 0.227 e. The third-order valence-corrected chi connectivity index (χ3v) is 7.27. The van der Waals surface area contributed by atoms with Crippen LogP contribution in [-0.4, -0.2) is 56.2 Å². The summed E-state index contributed by atoms with van der Waals surface area (Å²) < 4.78 is 10.8. The van der Waals surface area contributed by atoms with Gasteiger partial charge in [-0.1, -0.05) is 31.4 Å². The van der Waals surface area contributed by atoms with Crippen LogP contribution in [0.25, 0.3) is 0 Å².